The van der Waals surface area contributed by atoms with E-state index in [1.54, 1.807) is 17.0 Å². The van der Waals surface area contributed by atoms with Crippen molar-refractivity contribution in [2.75, 3.05) is 6.54 Å². The summed E-state index contributed by atoms with van der Waals surface area (Å²) in [5.41, 5.74) is 1.19. The van der Waals surface area contributed by atoms with Gasteiger partial charge < -0.3 is 10.0 Å². The highest BCUT2D eigenvalue weighted by Gasteiger charge is 2.29. The largest absolute Gasteiger partial charge is 0.481 e. The molecule has 0 radical (unpaired) electrons. The number of carboxylic acid groups (broad SMARTS) is 1. The molecule has 102 valence electrons. The molecule has 1 N–H and O–H groups in total. The topological polar surface area (TPSA) is 70.5 Å². The predicted molar refractivity (Wildman–Crippen MR) is 69.9 cm³/mol. The lowest BCUT2D eigenvalue weighted by atomic mass is 9.99. The average Bonchev–Trinajstić information content (AvgIpc) is 2.38. The summed E-state index contributed by atoms with van der Waals surface area (Å²) in [6, 6.07) is 5.11. The van der Waals surface area contributed by atoms with Crippen LogP contribution in [-0.2, 0) is 4.79 Å². The molecular weight excluding hydrogens is 244 g/mol. The van der Waals surface area contributed by atoms with Gasteiger partial charge in [-0.1, -0.05) is 6.07 Å². The standard InChI is InChI=1S/C14H18N2O3/c1-10-5-4-7-12(15-10)14(19)16-8-3-2-6-11(16)9-13(17)18/h4-5,7,11H,2-3,6,8-9H2,1H3,(H,17,18). The molecule has 1 aliphatic heterocycles. The quantitative estimate of drug-likeness (QED) is 0.902. The summed E-state index contributed by atoms with van der Waals surface area (Å²) in [7, 11) is 0. The van der Waals surface area contributed by atoms with Gasteiger partial charge in [0, 0.05) is 18.3 Å². The molecule has 1 fully saturated rings. The van der Waals surface area contributed by atoms with E-state index in [1.165, 1.54) is 0 Å². The van der Waals surface area contributed by atoms with Gasteiger partial charge in [0.25, 0.3) is 5.91 Å². The first-order valence-electron chi connectivity index (χ1n) is 6.54. The number of aryl methyl sites for hydroxylation is 1. The summed E-state index contributed by atoms with van der Waals surface area (Å²) < 4.78 is 0. The zero-order chi connectivity index (χ0) is 13.8. The van der Waals surface area contributed by atoms with Gasteiger partial charge in [-0.2, -0.15) is 0 Å². The molecule has 2 rings (SSSR count). The first-order chi connectivity index (χ1) is 9.08. The molecule has 5 nitrogen and oxygen atoms in total. The monoisotopic (exact) mass is 262 g/mol. The number of aliphatic carboxylic acids is 1. The van der Waals surface area contributed by atoms with Crippen molar-refractivity contribution in [3.63, 3.8) is 0 Å². The van der Waals surface area contributed by atoms with Crippen molar-refractivity contribution in [2.24, 2.45) is 0 Å². The highest BCUT2D eigenvalue weighted by molar-refractivity contribution is 5.92. The molecule has 0 bridgehead atoms. The molecule has 2 heterocycles. The number of hydrogen-bond acceptors (Lipinski definition) is 3. The summed E-state index contributed by atoms with van der Waals surface area (Å²) in [5, 5.41) is 8.93. The number of rotatable bonds is 3. The Morgan fingerprint density at radius 1 is 1.42 bits per heavy atom. The van der Waals surface area contributed by atoms with Crippen LogP contribution < -0.4 is 0 Å². The second kappa shape index (κ2) is 5.82. The highest BCUT2D eigenvalue weighted by atomic mass is 16.4. The lowest BCUT2D eigenvalue weighted by Crippen LogP contribution is -2.45. The fourth-order valence-corrected chi connectivity index (χ4v) is 2.49. The minimum Gasteiger partial charge on any atom is -0.481 e. The minimum absolute atomic E-state index is 0.0115. The van der Waals surface area contributed by atoms with Crippen LogP contribution in [0.5, 0.6) is 0 Å². The summed E-state index contributed by atoms with van der Waals surface area (Å²) in [6.07, 6.45) is 2.66. The van der Waals surface area contributed by atoms with Gasteiger partial charge in [-0.05, 0) is 38.3 Å². The number of carbonyl (C=O) groups is 2. The maximum absolute atomic E-state index is 12.4. The van der Waals surface area contributed by atoms with Crippen molar-refractivity contribution < 1.29 is 14.7 Å². The molecule has 0 saturated carbocycles. The van der Waals surface area contributed by atoms with Crippen molar-refractivity contribution in [2.45, 2.75) is 38.6 Å². The third-order valence-corrected chi connectivity index (χ3v) is 3.41. The smallest absolute Gasteiger partial charge is 0.305 e. The second-order valence-corrected chi connectivity index (χ2v) is 4.91. The van der Waals surface area contributed by atoms with E-state index in [-0.39, 0.29) is 18.4 Å². The average molecular weight is 262 g/mol. The summed E-state index contributed by atoms with van der Waals surface area (Å²) >= 11 is 0. The van der Waals surface area contributed by atoms with Crippen molar-refractivity contribution in [3.05, 3.63) is 29.6 Å². The predicted octanol–water partition coefficient (Wildman–Crippen LogP) is 1.86. The molecule has 1 aliphatic rings. The van der Waals surface area contributed by atoms with Crippen LogP contribution in [0.4, 0.5) is 0 Å². The van der Waals surface area contributed by atoms with E-state index in [1.807, 2.05) is 13.0 Å². The number of aromatic nitrogens is 1. The number of pyridine rings is 1. The fourth-order valence-electron chi connectivity index (χ4n) is 2.49. The van der Waals surface area contributed by atoms with Crippen LogP contribution in [0.25, 0.3) is 0 Å². The molecule has 0 aromatic carbocycles. The van der Waals surface area contributed by atoms with E-state index >= 15 is 0 Å². The van der Waals surface area contributed by atoms with E-state index < -0.39 is 5.97 Å². The molecule has 5 heteroatoms. The van der Waals surface area contributed by atoms with Crippen molar-refractivity contribution in [1.82, 2.24) is 9.88 Å². The fraction of sp³-hybridized carbons (Fsp3) is 0.500. The van der Waals surface area contributed by atoms with Crippen molar-refractivity contribution in [1.29, 1.82) is 0 Å². The molecule has 0 aliphatic carbocycles. The van der Waals surface area contributed by atoms with E-state index in [0.717, 1.165) is 25.0 Å². The van der Waals surface area contributed by atoms with Gasteiger partial charge in [-0.3, -0.25) is 9.59 Å². The Bertz CT molecular complexity index is 487. The number of piperidine rings is 1. The molecule has 0 spiro atoms. The number of amides is 1. The minimum atomic E-state index is -0.859. The third-order valence-electron chi connectivity index (χ3n) is 3.41. The van der Waals surface area contributed by atoms with Crippen LogP contribution in [0.1, 0.15) is 41.9 Å². The van der Waals surface area contributed by atoms with E-state index in [9.17, 15) is 9.59 Å². The molecule has 19 heavy (non-hydrogen) atoms. The molecule has 1 amide bonds. The van der Waals surface area contributed by atoms with Gasteiger partial charge in [0.2, 0.25) is 0 Å². The number of likely N-dealkylation sites (tertiary alicyclic amines) is 1. The Hall–Kier alpha value is -1.91. The number of carboxylic acids is 1. The zero-order valence-corrected chi connectivity index (χ0v) is 11.0. The zero-order valence-electron chi connectivity index (χ0n) is 11.0. The van der Waals surface area contributed by atoms with Crippen molar-refractivity contribution >= 4 is 11.9 Å². The number of carbonyl (C=O) groups excluding carboxylic acids is 1. The van der Waals surface area contributed by atoms with Crippen LogP contribution in [0.3, 0.4) is 0 Å². The van der Waals surface area contributed by atoms with Crippen LogP contribution in [0, 0.1) is 6.92 Å². The summed E-state index contributed by atoms with van der Waals surface area (Å²) in [5.74, 6) is -1.02. The molecule has 1 unspecified atom stereocenters. The number of nitrogens with zero attached hydrogens (tertiary/aromatic N) is 2. The van der Waals surface area contributed by atoms with E-state index in [0.29, 0.717) is 12.2 Å². The first-order valence-corrected chi connectivity index (χ1v) is 6.54. The van der Waals surface area contributed by atoms with Gasteiger partial charge >= 0.3 is 5.97 Å². The van der Waals surface area contributed by atoms with E-state index in [2.05, 4.69) is 4.98 Å². The normalized spacial score (nSPS) is 19.2. The van der Waals surface area contributed by atoms with E-state index in [4.69, 9.17) is 5.11 Å². The lowest BCUT2D eigenvalue weighted by Gasteiger charge is -2.34. The Labute approximate surface area is 112 Å². The van der Waals surface area contributed by atoms with Crippen LogP contribution in [-0.4, -0.2) is 39.5 Å². The Kier molecular flexibility index (Phi) is 4.14. The first kappa shape index (κ1) is 13.5. The molecule has 1 aromatic heterocycles. The van der Waals surface area contributed by atoms with Gasteiger partial charge in [-0.25, -0.2) is 4.98 Å². The van der Waals surface area contributed by atoms with Crippen LogP contribution in [0.15, 0.2) is 18.2 Å². The second-order valence-electron chi connectivity index (χ2n) is 4.91. The Morgan fingerprint density at radius 3 is 2.89 bits per heavy atom. The Morgan fingerprint density at radius 2 is 2.21 bits per heavy atom. The van der Waals surface area contributed by atoms with Crippen molar-refractivity contribution in [3.8, 4) is 0 Å². The molecular formula is C14H18N2O3. The highest BCUT2D eigenvalue weighted by Crippen LogP contribution is 2.21. The van der Waals surface area contributed by atoms with Gasteiger partial charge in [0.15, 0.2) is 0 Å². The SMILES string of the molecule is Cc1cccc(C(=O)N2CCCCC2CC(=O)O)n1. The van der Waals surface area contributed by atoms with Crippen LogP contribution in [0.2, 0.25) is 0 Å². The maximum atomic E-state index is 12.4. The maximum Gasteiger partial charge on any atom is 0.305 e. The summed E-state index contributed by atoms with van der Waals surface area (Å²) in [6.45, 7) is 2.45. The lowest BCUT2D eigenvalue weighted by molar-refractivity contribution is -0.138. The molecule has 1 saturated heterocycles. The van der Waals surface area contributed by atoms with Crippen LogP contribution >= 0.6 is 0 Å². The summed E-state index contributed by atoms with van der Waals surface area (Å²) in [4.78, 5) is 29.2. The van der Waals surface area contributed by atoms with Gasteiger partial charge in [0.1, 0.15) is 5.69 Å². The van der Waals surface area contributed by atoms with Gasteiger partial charge in [0.05, 0.1) is 6.42 Å². The Balaban J connectivity index is 2.17. The number of hydrogen-bond donors (Lipinski definition) is 1. The third kappa shape index (κ3) is 3.30. The molecule has 1 aromatic rings. The van der Waals surface area contributed by atoms with Gasteiger partial charge in [-0.15, -0.1) is 0 Å². The molecule has 1 atom stereocenters.